The number of carbonyl (C=O) groups excluding carboxylic acids is 1. The zero-order valence-electron chi connectivity index (χ0n) is 11.3. The smallest absolute Gasteiger partial charge is 0.274 e. The fourth-order valence-electron chi connectivity index (χ4n) is 1.44. The van der Waals surface area contributed by atoms with Gasteiger partial charge in [0.1, 0.15) is 0 Å². The van der Waals surface area contributed by atoms with Crippen LogP contribution in [0.15, 0.2) is 21.0 Å². The van der Waals surface area contributed by atoms with Gasteiger partial charge in [0.2, 0.25) is 5.95 Å². The van der Waals surface area contributed by atoms with Gasteiger partial charge in [-0.25, -0.2) is 30.9 Å². The SMILES string of the molecule is C=Cc1nc(N(N)C(=O)NN)nc(-n2c(=O)[nH]c(=O)[nH]c2=O)n1. The van der Waals surface area contributed by atoms with E-state index in [1.54, 1.807) is 5.43 Å². The molecular weight excluding hydrogens is 312 g/mol. The van der Waals surface area contributed by atoms with Gasteiger partial charge in [-0.2, -0.15) is 24.5 Å². The first-order valence-electron chi connectivity index (χ1n) is 5.77. The Bertz CT molecular complexity index is 906. The summed E-state index contributed by atoms with van der Waals surface area (Å²) in [4.78, 5) is 60.8. The molecule has 7 N–H and O–H groups in total. The highest BCUT2D eigenvalue weighted by atomic mass is 16.2. The monoisotopic (exact) mass is 322 g/mol. The van der Waals surface area contributed by atoms with Gasteiger partial charge >= 0.3 is 23.1 Å². The Balaban J connectivity index is 2.72. The molecule has 0 aromatic carbocycles. The molecule has 120 valence electrons. The number of hydrogen-bond acceptors (Lipinski definition) is 9. The number of anilines is 1. The van der Waals surface area contributed by atoms with Gasteiger partial charge < -0.3 is 0 Å². The lowest BCUT2D eigenvalue weighted by Crippen LogP contribution is -2.49. The highest BCUT2D eigenvalue weighted by Gasteiger charge is 2.18. The molecule has 2 rings (SSSR count). The normalized spacial score (nSPS) is 10.2. The van der Waals surface area contributed by atoms with E-state index >= 15 is 0 Å². The lowest BCUT2D eigenvalue weighted by Gasteiger charge is -2.14. The average molecular weight is 322 g/mol. The summed E-state index contributed by atoms with van der Waals surface area (Å²) < 4.78 is 0.410. The Kier molecular flexibility index (Phi) is 4.10. The number of nitrogens with two attached hydrogens (primary N) is 2. The first kappa shape index (κ1) is 15.7. The fraction of sp³-hybridized carbons (Fsp3) is 0. The van der Waals surface area contributed by atoms with E-state index in [2.05, 4.69) is 21.5 Å². The Morgan fingerprint density at radius 2 is 1.83 bits per heavy atom. The largest absolute Gasteiger partial charge is 0.353 e. The van der Waals surface area contributed by atoms with Crippen LogP contribution in [0.4, 0.5) is 10.7 Å². The number of nitrogens with zero attached hydrogens (tertiary/aromatic N) is 5. The molecule has 0 aliphatic rings. The number of aromatic amines is 2. The highest BCUT2D eigenvalue weighted by Crippen LogP contribution is 2.07. The molecule has 2 heterocycles. The number of hydrogen-bond donors (Lipinski definition) is 5. The Labute approximate surface area is 125 Å². The third-order valence-electron chi connectivity index (χ3n) is 2.42. The van der Waals surface area contributed by atoms with Crippen LogP contribution in [0.1, 0.15) is 5.82 Å². The van der Waals surface area contributed by atoms with Crippen LogP contribution in [-0.2, 0) is 0 Å². The molecule has 0 aliphatic carbocycles. The maximum atomic E-state index is 11.7. The Morgan fingerprint density at radius 1 is 1.22 bits per heavy atom. The van der Waals surface area contributed by atoms with Crippen LogP contribution in [0.25, 0.3) is 12.0 Å². The summed E-state index contributed by atoms with van der Waals surface area (Å²) in [6.45, 7) is 3.42. The molecule has 0 spiro atoms. The summed E-state index contributed by atoms with van der Waals surface area (Å²) >= 11 is 0. The molecule has 0 radical (unpaired) electrons. The van der Waals surface area contributed by atoms with Crippen molar-refractivity contribution in [3.63, 3.8) is 0 Å². The number of nitrogens with one attached hydrogen (secondary N) is 3. The van der Waals surface area contributed by atoms with Crippen LogP contribution in [0.5, 0.6) is 0 Å². The molecule has 2 aromatic rings. The molecule has 2 amide bonds. The first-order chi connectivity index (χ1) is 10.9. The third-order valence-corrected chi connectivity index (χ3v) is 2.42. The van der Waals surface area contributed by atoms with E-state index < -0.39 is 35.0 Å². The molecule has 0 bridgehead atoms. The number of carbonyl (C=O) groups is 1. The first-order valence-corrected chi connectivity index (χ1v) is 5.77. The van der Waals surface area contributed by atoms with Gasteiger partial charge in [0.25, 0.3) is 5.95 Å². The maximum Gasteiger partial charge on any atom is 0.353 e. The zero-order chi connectivity index (χ0) is 17.1. The summed E-state index contributed by atoms with van der Waals surface area (Å²) in [7, 11) is 0. The minimum atomic E-state index is -1.10. The molecule has 2 aromatic heterocycles. The van der Waals surface area contributed by atoms with Crippen molar-refractivity contribution in [3.05, 3.63) is 43.9 Å². The van der Waals surface area contributed by atoms with Crippen LogP contribution in [-0.4, -0.2) is 35.5 Å². The van der Waals surface area contributed by atoms with Crippen molar-refractivity contribution in [1.82, 2.24) is 34.9 Å². The standard InChI is InChI=1S/C9H10N10O4/c1-2-3-12-4(14-5(13-3)19(11)9(23)17-10)18-7(21)15-6(20)16-8(18)22/h2H,1,10-11H2,(H,17,23)(H2,15,16,20,21,22). The van der Waals surface area contributed by atoms with Crippen LogP contribution in [0.3, 0.4) is 0 Å². The third kappa shape index (κ3) is 3.01. The van der Waals surface area contributed by atoms with E-state index in [0.29, 0.717) is 9.58 Å². The molecule has 0 unspecified atom stereocenters. The van der Waals surface area contributed by atoms with Crippen molar-refractivity contribution in [1.29, 1.82) is 0 Å². The van der Waals surface area contributed by atoms with Crippen LogP contribution in [0, 0.1) is 0 Å². The quantitative estimate of drug-likeness (QED) is 0.213. The number of amides is 2. The molecule has 23 heavy (non-hydrogen) atoms. The zero-order valence-corrected chi connectivity index (χ0v) is 11.3. The number of urea groups is 1. The van der Waals surface area contributed by atoms with Crippen LogP contribution in [0.2, 0.25) is 0 Å². The summed E-state index contributed by atoms with van der Waals surface area (Å²) in [5.74, 6) is 9.36. The van der Waals surface area contributed by atoms with E-state index in [9.17, 15) is 19.2 Å². The second-order valence-corrected chi connectivity index (χ2v) is 3.84. The topological polar surface area (TPSA) is 211 Å². The second-order valence-electron chi connectivity index (χ2n) is 3.84. The van der Waals surface area contributed by atoms with Gasteiger partial charge in [0.05, 0.1) is 0 Å². The van der Waals surface area contributed by atoms with Gasteiger partial charge in [0.15, 0.2) is 5.82 Å². The summed E-state index contributed by atoms with van der Waals surface area (Å²) in [6, 6.07) is -0.972. The van der Waals surface area contributed by atoms with Gasteiger partial charge in [-0.1, -0.05) is 6.58 Å². The van der Waals surface area contributed by atoms with Gasteiger partial charge in [-0.15, -0.1) is 0 Å². The van der Waals surface area contributed by atoms with E-state index in [0.717, 1.165) is 6.08 Å². The average Bonchev–Trinajstić information content (AvgIpc) is 2.52. The Morgan fingerprint density at radius 3 is 2.35 bits per heavy atom. The molecular formula is C9H10N10O4. The lowest BCUT2D eigenvalue weighted by atomic mass is 10.6. The summed E-state index contributed by atoms with van der Waals surface area (Å²) in [5, 5.41) is 0.420. The summed E-state index contributed by atoms with van der Waals surface area (Å²) in [6.07, 6.45) is 1.16. The van der Waals surface area contributed by atoms with E-state index in [-0.39, 0.29) is 5.82 Å². The number of rotatable bonds is 3. The minimum Gasteiger partial charge on any atom is -0.274 e. The summed E-state index contributed by atoms with van der Waals surface area (Å²) in [5.41, 5.74) is -1.46. The van der Waals surface area contributed by atoms with Crippen molar-refractivity contribution >= 4 is 18.1 Å². The van der Waals surface area contributed by atoms with Crippen molar-refractivity contribution < 1.29 is 4.79 Å². The van der Waals surface area contributed by atoms with E-state index in [4.69, 9.17) is 11.7 Å². The molecule has 0 aliphatic heterocycles. The van der Waals surface area contributed by atoms with Gasteiger partial charge in [0, 0.05) is 0 Å². The predicted octanol–water partition coefficient (Wildman–Crippen LogP) is -3.69. The number of H-pyrrole nitrogens is 2. The predicted molar refractivity (Wildman–Crippen MR) is 76.1 cm³/mol. The fourth-order valence-corrected chi connectivity index (χ4v) is 1.44. The van der Waals surface area contributed by atoms with Crippen molar-refractivity contribution in [3.8, 4) is 5.95 Å². The molecule has 14 nitrogen and oxygen atoms in total. The molecule has 0 fully saturated rings. The van der Waals surface area contributed by atoms with Gasteiger partial charge in [-0.3, -0.25) is 15.4 Å². The van der Waals surface area contributed by atoms with E-state index in [1.165, 1.54) is 0 Å². The second kappa shape index (κ2) is 6.00. The Hall–Kier alpha value is -3.65. The lowest BCUT2D eigenvalue weighted by molar-refractivity contribution is 0.246. The molecule has 0 saturated carbocycles. The minimum absolute atomic E-state index is 0.0947. The van der Waals surface area contributed by atoms with Crippen molar-refractivity contribution in [2.75, 3.05) is 5.01 Å². The van der Waals surface area contributed by atoms with Crippen molar-refractivity contribution in [2.24, 2.45) is 11.7 Å². The van der Waals surface area contributed by atoms with Gasteiger partial charge in [-0.05, 0) is 6.08 Å². The molecule has 14 heteroatoms. The highest BCUT2D eigenvalue weighted by molar-refractivity contribution is 5.88. The van der Waals surface area contributed by atoms with Crippen molar-refractivity contribution in [2.45, 2.75) is 0 Å². The van der Waals surface area contributed by atoms with Crippen LogP contribution < -0.4 is 39.2 Å². The molecule has 0 atom stereocenters. The number of aromatic nitrogens is 6. The molecule has 0 saturated heterocycles. The van der Waals surface area contributed by atoms with E-state index in [1.807, 2.05) is 9.97 Å². The number of hydrazine groups is 2. The maximum absolute atomic E-state index is 11.7. The van der Waals surface area contributed by atoms with Crippen LogP contribution >= 0.6 is 0 Å².